The maximum atomic E-state index is 11.9. The van der Waals surface area contributed by atoms with E-state index in [0.717, 1.165) is 0 Å². The highest BCUT2D eigenvalue weighted by atomic mass is 32.2. The molecule has 0 spiro atoms. The molecule has 0 radical (unpaired) electrons. The van der Waals surface area contributed by atoms with Gasteiger partial charge in [0.15, 0.2) is 0 Å². The number of carbonyl (C=O) groups excluding carboxylic acids is 1. The smallest absolute Gasteiger partial charge is 0.317 e. The van der Waals surface area contributed by atoms with Gasteiger partial charge in [-0.3, -0.25) is 9.00 Å². The number of amides is 2. The van der Waals surface area contributed by atoms with Crippen molar-refractivity contribution in [3.63, 3.8) is 0 Å². The number of piperidine rings is 1. The lowest BCUT2D eigenvalue weighted by atomic mass is 9.80. The van der Waals surface area contributed by atoms with Crippen molar-refractivity contribution in [2.75, 3.05) is 25.9 Å². The minimum atomic E-state index is -0.876. The van der Waals surface area contributed by atoms with Crippen molar-refractivity contribution in [1.29, 1.82) is 0 Å². The lowest BCUT2D eigenvalue weighted by Crippen LogP contribution is -2.49. The van der Waals surface area contributed by atoms with E-state index in [0.29, 0.717) is 38.9 Å². The van der Waals surface area contributed by atoms with Crippen LogP contribution in [0.1, 0.15) is 33.1 Å². The molecule has 1 aliphatic rings. The van der Waals surface area contributed by atoms with Crippen LogP contribution >= 0.6 is 0 Å². The Morgan fingerprint density at radius 2 is 1.95 bits per heavy atom. The van der Waals surface area contributed by atoms with Gasteiger partial charge in [0.1, 0.15) is 0 Å². The number of rotatable bonds is 5. The van der Waals surface area contributed by atoms with Crippen molar-refractivity contribution >= 4 is 22.8 Å². The Morgan fingerprint density at radius 1 is 1.40 bits per heavy atom. The van der Waals surface area contributed by atoms with Crippen molar-refractivity contribution in [3.05, 3.63) is 0 Å². The Labute approximate surface area is 122 Å². The second kappa shape index (κ2) is 7.06. The molecule has 116 valence electrons. The molecule has 6 nitrogen and oxygen atoms in total. The molecule has 1 heterocycles. The second-order valence-corrected chi connectivity index (χ2v) is 7.48. The molecule has 2 atom stereocenters. The Balaban J connectivity index is 2.33. The fourth-order valence-corrected chi connectivity index (χ4v) is 2.53. The standard InChI is InChI=1S/C13H24N2O4S/c1-10(20(3)19)4-7-14-12(18)15-8-5-13(2,6-9-15)11(16)17/h10H,4-9H2,1-3H3,(H,14,18)(H,16,17). The topological polar surface area (TPSA) is 86.7 Å². The summed E-state index contributed by atoms with van der Waals surface area (Å²) < 4.78 is 11.2. The summed E-state index contributed by atoms with van der Waals surface area (Å²) in [5, 5.41) is 12.0. The van der Waals surface area contributed by atoms with Gasteiger partial charge >= 0.3 is 12.0 Å². The number of hydrogen-bond acceptors (Lipinski definition) is 3. The minimum absolute atomic E-state index is 0.0620. The molecule has 2 N–H and O–H groups in total. The van der Waals surface area contributed by atoms with Crippen LogP contribution in [0.2, 0.25) is 0 Å². The quantitative estimate of drug-likeness (QED) is 0.794. The first kappa shape index (κ1) is 16.9. The molecule has 1 aliphatic heterocycles. The molecule has 0 saturated carbocycles. The van der Waals surface area contributed by atoms with Crippen molar-refractivity contribution in [2.45, 2.75) is 38.4 Å². The number of nitrogens with zero attached hydrogens (tertiary/aromatic N) is 1. The van der Waals surface area contributed by atoms with Gasteiger partial charge in [0.25, 0.3) is 0 Å². The normalized spacial score (nSPS) is 21.1. The van der Waals surface area contributed by atoms with E-state index in [2.05, 4.69) is 5.32 Å². The molecule has 0 aromatic heterocycles. The first-order valence-electron chi connectivity index (χ1n) is 6.84. The van der Waals surface area contributed by atoms with Crippen molar-refractivity contribution in [3.8, 4) is 0 Å². The third-order valence-electron chi connectivity index (χ3n) is 4.06. The van der Waals surface area contributed by atoms with Gasteiger partial charge in [-0.25, -0.2) is 4.79 Å². The Morgan fingerprint density at radius 3 is 2.40 bits per heavy atom. The van der Waals surface area contributed by atoms with E-state index in [1.54, 1.807) is 18.1 Å². The maximum absolute atomic E-state index is 11.9. The van der Waals surface area contributed by atoms with Crippen LogP contribution in [0, 0.1) is 5.41 Å². The maximum Gasteiger partial charge on any atom is 0.317 e. The van der Waals surface area contributed by atoms with Crippen LogP contribution in [0.15, 0.2) is 0 Å². The van der Waals surface area contributed by atoms with E-state index in [-0.39, 0.29) is 11.3 Å². The summed E-state index contributed by atoms with van der Waals surface area (Å²) >= 11 is 0. The average molecular weight is 304 g/mol. The van der Waals surface area contributed by atoms with Gasteiger partial charge < -0.3 is 15.3 Å². The summed E-state index contributed by atoms with van der Waals surface area (Å²) in [5.74, 6) is -0.795. The molecule has 0 aromatic rings. The minimum Gasteiger partial charge on any atom is -0.481 e. The summed E-state index contributed by atoms with van der Waals surface area (Å²) in [6, 6.07) is -0.161. The van der Waals surface area contributed by atoms with E-state index in [9.17, 15) is 13.8 Å². The van der Waals surface area contributed by atoms with Gasteiger partial charge in [0, 0.05) is 41.9 Å². The van der Waals surface area contributed by atoms with Crippen molar-refractivity contribution in [1.82, 2.24) is 10.2 Å². The third kappa shape index (κ3) is 4.47. The lowest BCUT2D eigenvalue weighted by molar-refractivity contribution is -0.150. The summed E-state index contributed by atoms with van der Waals surface area (Å²) in [5.41, 5.74) is -0.718. The summed E-state index contributed by atoms with van der Waals surface area (Å²) in [6.45, 7) is 5.03. The number of carboxylic acid groups (broad SMARTS) is 1. The van der Waals surface area contributed by atoms with Gasteiger partial charge in [-0.1, -0.05) is 6.92 Å². The fourth-order valence-electron chi connectivity index (χ4n) is 2.08. The van der Waals surface area contributed by atoms with E-state index in [1.165, 1.54) is 0 Å². The Hall–Kier alpha value is -1.11. The molecule has 7 heteroatoms. The van der Waals surface area contributed by atoms with Gasteiger partial charge in [-0.2, -0.15) is 0 Å². The zero-order valence-corrected chi connectivity index (χ0v) is 13.2. The number of hydrogen-bond donors (Lipinski definition) is 2. The number of aliphatic carboxylic acids is 1. The molecule has 1 rings (SSSR count). The number of urea groups is 1. The fraction of sp³-hybridized carbons (Fsp3) is 0.846. The number of nitrogens with one attached hydrogen (secondary N) is 1. The first-order valence-corrected chi connectivity index (χ1v) is 8.47. The third-order valence-corrected chi connectivity index (χ3v) is 5.43. The highest BCUT2D eigenvalue weighted by molar-refractivity contribution is 7.84. The molecule has 0 aliphatic carbocycles. The Kier molecular flexibility index (Phi) is 5.98. The molecule has 2 unspecified atom stereocenters. The van der Waals surface area contributed by atoms with Crippen molar-refractivity contribution < 1.29 is 18.9 Å². The summed E-state index contributed by atoms with van der Waals surface area (Å²) in [6.07, 6.45) is 3.29. The highest BCUT2D eigenvalue weighted by Gasteiger charge is 2.37. The molecule has 0 bridgehead atoms. The van der Waals surface area contributed by atoms with Crippen LogP contribution in [0.5, 0.6) is 0 Å². The largest absolute Gasteiger partial charge is 0.481 e. The Bertz CT molecular complexity index is 392. The van der Waals surface area contributed by atoms with E-state index < -0.39 is 22.2 Å². The molecule has 2 amide bonds. The summed E-state index contributed by atoms with van der Waals surface area (Å²) in [7, 11) is -0.876. The number of carbonyl (C=O) groups is 2. The second-order valence-electron chi connectivity index (χ2n) is 5.68. The van der Waals surface area contributed by atoms with E-state index in [4.69, 9.17) is 5.11 Å². The molecule has 1 saturated heterocycles. The van der Waals surface area contributed by atoms with E-state index in [1.807, 2.05) is 6.92 Å². The molecule has 0 aromatic carbocycles. The van der Waals surface area contributed by atoms with Crippen LogP contribution < -0.4 is 5.32 Å². The van der Waals surface area contributed by atoms with Crippen LogP contribution in [0.4, 0.5) is 4.79 Å². The van der Waals surface area contributed by atoms with Crippen molar-refractivity contribution in [2.24, 2.45) is 5.41 Å². The van der Waals surface area contributed by atoms with Crippen LogP contribution in [-0.2, 0) is 15.6 Å². The molecular formula is C13H24N2O4S. The molecular weight excluding hydrogens is 280 g/mol. The SMILES string of the molecule is CC(CCNC(=O)N1CCC(C)(C(=O)O)CC1)S(C)=O. The van der Waals surface area contributed by atoms with Gasteiger partial charge in [0.2, 0.25) is 0 Å². The predicted molar refractivity (Wildman–Crippen MR) is 78.1 cm³/mol. The number of likely N-dealkylation sites (tertiary alicyclic amines) is 1. The monoisotopic (exact) mass is 304 g/mol. The number of carboxylic acids is 1. The van der Waals surface area contributed by atoms with Gasteiger partial charge in [-0.15, -0.1) is 0 Å². The average Bonchev–Trinajstić information content (AvgIpc) is 2.38. The summed E-state index contributed by atoms with van der Waals surface area (Å²) in [4.78, 5) is 24.7. The van der Waals surface area contributed by atoms with Crippen LogP contribution in [-0.4, -0.2) is 57.4 Å². The van der Waals surface area contributed by atoms with Crippen LogP contribution in [0.25, 0.3) is 0 Å². The lowest BCUT2D eigenvalue weighted by Gasteiger charge is -2.36. The highest BCUT2D eigenvalue weighted by Crippen LogP contribution is 2.30. The van der Waals surface area contributed by atoms with Gasteiger partial charge in [0.05, 0.1) is 5.41 Å². The van der Waals surface area contributed by atoms with Gasteiger partial charge in [-0.05, 0) is 26.2 Å². The van der Waals surface area contributed by atoms with E-state index >= 15 is 0 Å². The molecule has 20 heavy (non-hydrogen) atoms. The zero-order chi connectivity index (χ0) is 15.3. The van der Waals surface area contributed by atoms with Crippen LogP contribution in [0.3, 0.4) is 0 Å². The molecule has 1 fully saturated rings. The first-order chi connectivity index (χ1) is 9.26. The predicted octanol–water partition coefficient (Wildman–Crippen LogP) is 1.04. The zero-order valence-electron chi connectivity index (χ0n) is 12.3.